The predicted molar refractivity (Wildman–Crippen MR) is 61.7 cm³/mol. The highest BCUT2D eigenvalue weighted by Gasteiger charge is 2.07. The summed E-state index contributed by atoms with van der Waals surface area (Å²) in [7, 11) is 0. The van der Waals surface area contributed by atoms with E-state index in [0.29, 0.717) is 0 Å². The SMILES string of the molecule is Cc1ccc2cc(C(O)CC#N)ccc2n1. The number of aliphatic hydroxyl groups excluding tert-OH is 1. The normalized spacial score (nSPS) is 12.3. The number of aryl methyl sites for hydroxylation is 1. The molecule has 0 radical (unpaired) electrons. The van der Waals surface area contributed by atoms with E-state index in [9.17, 15) is 5.11 Å². The number of aliphatic hydroxyl groups is 1. The number of aromatic nitrogens is 1. The van der Waals surface area contributed by atoms with Gasteiger partial charge in [-0.05, 0) is 30.7 Å². The molecule has 1 aromatic heterocycles. The molecule has 0 fully saturated rings. The Labute approximate surface area is 94.0 Å². The van der Waals surface area contributed by atoms with E-state index in [0.717, 1.165) is 22.2 Å². The Hall–Kier alpha value is -1.92. The molecule has 1 aromatic carbocycles. The van der Waals surface area contributed by atoms with Gasteiger partial charge in [0.2, 0.25) is 0 Å². The van der Waals surface area contributed by atoms with E-state index in [2.05, 4.69) is 4.98 Å². The van der Waals surface area contributed by atoms with E-state index in [1.807, 2.05) is 43.3 Å². The van der Waals surface area contributed by atoms with Crippen LogP contribution >= 0.6 is 0 Å². The molecule has 0 saturated heterocycles. The molecule has 0 amide bonds. The Morgan fingerprint density at radius 1 is 1.38 bits per heavy atom. The lowest BCUT2D eigenvalue weighted by Crippen LogP contribution is -1.96. The maximum Gasteiger partial charge on any atom is 0.0920 e. The topological polar surface area (TPSA) is 56.9 Å². The molecule has 0 aliphatic rings. The van der Waals surface area contributed by atoms with Crippen LogP contribution in [0.25, 0.3) is 10.9 Å². The molecule has 1 heterocycles. The molecular weight excluding hydrogens is 200 g/mol. The first-order valence-electron chi connectivity index (χ1n) is 5.13. The molecule has 80 valence electrons. The van der Waals surface area contributed by atoms with Gasteiger partial charge in [-0.25, -0.2) is 0 Å². The van der Waals surface area contributed by atoms with Crippen molar-refractivity contribution in [3.8, 4) is 6.07 Å². The highest BCUT2D eigenvalue weighted by Crippen LogP contribution is 2.21. The van der Waals surface area contributed by atoms with Crippen LogP contribution in [0, 0.1) is 18.3 Å². The lowest BCUT2D eigenvalue weighted by molar-refractivity contribution is 0.183. The molecule has 1 atom stereocenters. The Balaban J connectivity index is 2.45. The summed E-state index contributed by atoms with van der Waals surface area (Å²) >= 11 is 0. The van der Waals surface area contributed by atoms with Crippen molar-refractivity contribution in [3.05, 3.63) is 41.6 Å². The highest BCUT2D eigenvalue weighted by molar-refractivity contribution is 5.79. The standard InChI is InChI=1S/C13H12N2O/c1-9-2-3-10-8-11(13(16)6-7-14)4-5-12(10)15-9/h2-5,8,13,16H,6H2,1H3. The number of benzene rings is 1. The average Bonchev–Trinajstić information content (AvgIpc) is 2.28. The van der Waals surface area contributed by atoms with Crippen molar-refractivity contribution >= 4 is 10.9 Å². The third-order valence-electron chi connectivity index (χ3n) is 2.52. The summed E-state index contributed by atoms with van der Waals surface area (Å²) in [6.07, 6.45) is -0.596. The monoisotopic (exact) mass is 212 g/mol. The van der Waals surface area contributed by atoms with Gasteiger partial charge in [-0.1, -0.05) is 12.1 Å². The molecule has 3 nitrogen and oxygen atoms in total. The molecular formula is C13H12N2O. The maximum absolute atomic E-state index is 9.69. The first-order valence-corrected chi connectivity index (χ1v) is 5.13. The molecule has 0 spiro atoms. The van der Waals surface area contributed by atoms with Gasteiger partial charge in [0, 0.05) is 11.1 Å². The molecule has 1 unspecified atom stereocenters. The van der Waals surface area contributed by atoms with Crippen molar-refractivity contribution in [2.24, 2.45) is 0 Å². The average molecular weight is 212 g/mol. The van der Waals surface area contributed by atoms with Crippen LogP contribution in [-0.2, 0) is 0 Å². The summed E-state index contributed by atoms with van der Waals surface area (Å²) in [4.78, 5) is 4.38. The minimum absolute atomic E-state index is 0.116. The number of hydrogen-bond donors (Lipinski definition) is 1. The van der Waals surface area contributed by atoms with Gasteiger partial charge in [-0.3, -0.25) is 4.98 Å². The molecule has 0 aliphatic heterocycles. The fourth-order valence-electron chi connectivity index (χ4n) is 1.66. The predicted octanol–water partition coefficient (Wildman–Crippen LogP) is 2.49. The number of nitrogens with zero attached hydrogens (tertiary/aromatic N) is 2. The second kappa shape index (κ2) is 4.30. The van der Waals surface area contributed by atoms with Crippen LogP contribution in [0.1, 0.15) is 23.8 Å². The molecule has 0 aliphatic carbocycles. The first-order chi connectivity index (χ1) is 7.70. The van der Waals surface area contributed by atoms with Crippen LogP contribution in [0.15, 0.2) is 30.3 Å². The van der Waals surface area contributed by atoms with E-state index in [1.54, 1.807) is 0 Å². The van der Waals surface area contributed by atoms with Crippen LogP contribution in [0.5, 0.6) is 0 Å². The third-order valence-corrected chi connectivity index (χ3v) is 2.52. The number of fused-ring (bicyclic) bond motifs is 1. The summed E-state index contributed by atoms with van der Waals surface area (Å²) in [6.45, 7) is 1.94. The van der Waals surface area contributed by atoms with Crippen LogP contribution in [0.2, 0.25) is 0 Å². The zero-order valence-electron chi connectivity index (χ0n) is 9.01. The summed E-state index contributed by atoms with van der Waals surface area (Å²) in [5, 5.41) is 19.2. The van der Waals surface area contributed by atoms with Gasteiger partial charge in [0.1, 0.15) is 0 Å². The summed E-state index contributed by atoms with van der Waals surface area (Å²) in [5.41, 5.74) is 2.64. The van der Waals surface area contributed by atoms with Crippen molar-refractivity contribution in [2.45, 2.75) is 19.4 Å². The Morgan fingerprint density at radius 2 is 2.19 bits per heavy atom. The second-order valence-electron chi connectivity index (χ2n) is 3.78. The highest BCUT2D eigenvalue weighted by atomic mass is 16.3. The minimum Gasteiger partial charge on any atom is -0.387 e. The number of hydrogen-bond acceptors (Lipinski definition) is 3. The van der Waals surface area contributed by atoms with Crippen molar-refractivity contribution in [1.29, 1.82) is 5.26 Å². The van der Waals surface area contributed by atoms with Gasteiger partial charge in [-0.15, -0.1) is 0 Å². The second-order valence-corrected chi connectivity index (χ2v) is 3.78. The van der Waals surface area contributed by atoms with Crippen LogP contribution in [-0.4, -0.2) is 10.1 Å². The van der Waals surface area contributed by atoms with Gasteiger partial charge in [0.05, 0.1) is 24.1 Å². The fraction of sp³-hybridized carbons (Fsp3) is 0.231. The van der Waals surface area contributed by atoms with Crippen LogP contribution in [0.3, 0.4) is 0 Å². The van der Waals surface area contributed by atoms with E-state index in [1.165, 1.54) is 0 Å². The molecule has 0 saturated carbocycles. The number of rotatable bonds is 2. The van der Waals surface area contributed by atoms with Gasteiger partial charge in [0.15, 0.2) is 0 Å². The zero-order chi connectivity index (χ0) is 11.5. The van der Waals surface area contributed by atoms with Gasteiger partial charge < -0.3 is 5.11 Å². The lowest BCUT2D eigenvalue weighted by atomic mass is 10.0. The van der Waals surface area contributed by atoms with Crippen LogP contribution < -0.4 is 0 Å². The Morgan fingerprint density at radius 3 is 2.94 bits per heavy atom. The van der Waals surface area contributed by atoms with Gasteiger partial charge in [-0.2, -0.15) is 5.26 Å². The molecule has 3 heteroatoms. The molecule has 16 heavy (non-hydrogen) atoms. The van der Waals surface area contributed by atoms with E-state index in [4.69, 9.17) is 5.26 Å². The van der Waals surface area contributed by atoms with Crippen LogP contribution in [0.4, 0.5) is 0 Å². The minimum atomic E-state index is -0.712. The molecule has 0 bridgehead atoms. The van der Waals surface area contributed by atoms with E-state index < -0.39 is 6.10 Å². The maximum atomic E-state index is 9.69. The van der Waals surface area contributed by atoms with Crippen molar-refractivity contribution in [1.82, 2.24) is 4.98 Å². The zero-order valence-corrected chi connectivity index (χ0v) is 9.01. The third kappa shape index (κ3) is 2.02. The summed E-state index contributed by atoms with van der Waals surface area (Å²) in [5.74, 6) is 0. The Bertz CT molecular complexity index is 557. The Kier molecular flexibility index (Phi) is 2.84. The van der Waals surface area contributed by atoms with Gasteiger partial charge in [0.25, 0.3) is 0 Å². The molecule has 2 rings (SSSR count). The molecule has 1 N–H and O–H groups in total. The largest absolute Gasteiger partial charge is 0.387 e. The van der Waals surface area contributed by atoms with Crippen molar-refractivity contribution < 1.29 is 5.11 Å². The summed E-state index contributed by atoms with van der Waals surface area (Å²) in [6, 6.07) is 11.4. The number of nitriles is 1. The number of pyridine rings is 1. The lowest BCUT2D eigenvalue weighted by Gasteiger charge is -2.07. The van der Waals surface area contributed by atoms with Gasteiger partial charge >= 0.3 is 0 Å². The fourth-order valence-corrected chi connectivity index (χ4v) is 1.66. The van der Waals surface area contributed by atoms with E-state index >= 15 is 0 Å². The first kappa shape index (κ1) is 10.6. The molecule has 2 aromatic rings. The van der Waals surface area contributed by atoms with Crippen molar-refractivity contribution in [3.63, 3.8) is 0 Å². The van der Waals surface area contributed by atoms with Crippen molar-refractivity contribution in [2.75, 3.05) is 0 Å². The quantitative estimate of drug-likeness (QED) is 0.832. The summed E-state index contributed by atoms with van der Waals surface area (Å²) < 4.78 is 0. The van der Waals surface area contributed by atoms with E-state index in [-0.39, 0.29) is 6.42 Å². The smallest absolute Gasteiger partial charge is 0.0920 e.